The zero-order chi connectivity index (χ0) is 20.3. The van der Waals surface area contributed by atoms with Crippen molar-refractivity contribution in [2.75, 3.05) is 7.11 Å². The lowest BCUT2D eigenvalue weighted by molar-refractivity contribution is -0.123. The number of methoxy groups -OCH3 is 1. The molecule has 0 aliphatic rings. The van der Waals surface area contributed by atoms with Crippen LogP contribution in [0, 0.1) is 13.8 Å². The predicted molar refractivity (Wildman–Crippen MR) is 121 cm³/mol. The molecule has 7 heteroatoms. The second-order valence-electron chi connectivity index (χ2n) is 6.82. The third-order valence-corrected chi connectivity index (χ3v) is 6.03. The molecular formula is C22H26ClN3O2S. The number of ether oxygens (including phenoxy) is 1. The lowest BCUT2D eigenvalue weighted by Crippen LogP contribution is -2.35. The number of hydrogen-bond acceptors (Lipinski definition) is 5. The van der Waals surface area contributed by atoms with Gasteiger partial charge in [-0.05, 0) is 50.6 Å². The molecule has 0 saturated heterocycles. The highest BCUT2D eigenvalue weighted by Crippen LogP contribution is 2.32. The molecule has 0 spiro atoms. The Bertz CT molecular complexity index is 955. The topological polar surface area (TPSA) is 77.2 Å². The van der Waals surface area contributed by atoms with Crippen LogP contribution in [-0.2, 0) is 4.79 Å². The number of nitrogens with zero attached hydrogens (tertiary/aromatic N) is 1. The quantitative estimate of drug-likeness (QED) is 0.591. The molecule has 0 saturated carbocycles. The van der Waals surface area contributed by atoms with Gasteiger partial charge in [0.05, 0.1) is 23.7 Å². The molecule has 0 radical (unpaired) electrons. The van der Waals surface area contributed by atoms with Crippen molar-refractivity contribution in [2.45, 2.75) is 32.9 Å². The molecule has 1 heterocycles. The average Bonchev–Trinajstić information content (AvgIpc) is 3.09. The van der Waals surface area contributed by atoms with E-state index in [0.717, 1.165) is 38.0 Å². The van der Waals surface area contributed by atoms with Crippen LogP contribution in [0.3, 0.4) is 0 Å². The van der Waals surface area contributed by atoms with Gasteiger partial charge in [0.25, 0.3) is 0 Å². The number of carbonyl (C=O) groups is 1. The summed E-state index contributed by atoms with van der Waals surface area (Å²) in [5.41, 5.74) is 10.0. The molecule has 154 valence electrons. The van der Waals surface area contributed by atoms with Crippen molar-refractivity contribution < 1.29 is 9.53 Å². The molecule has 29 heavy (non-hydrogen) atoms. The Morgan fingerprint density at radius 3 is 2.31 bits per heavy atom. The van der Waals surface area contributed by atoms with E-state index in [1.807, 2.05) is 69.3 Å². The first-order valence-corrected chi connectivity index (χ1v) is 9.95. The Kier molecular flexibility index (Phi) is 7.79. The summed E-state index contributed by atoms with van der Waals surface area (Å²) in [6.07, 6.45) is 0. The third-order valence-electron chi connectivity index (χ3n) is 4.64. The number of nitrogens with one attached hydrogen (secondary N) is 1. The lowest BCUT2D eigenvalue weighted by atomic mass is 10.0. The molecule has 2 unspecified atom stereocenters. The zero-order valence-electron chi connectivity index (χ0n) is 16.9. The van der Waals surface area contributed by atoms with Gasteiger partial charge in [-0.25, -0.2) is 4.98 Å². The molecule has 0 bridgehead atoms. The summed E-state index contributed by atoms with van der Waals surface area (Å²) in [5, 5.41) is 3.94. The number of benzene rings is 2. The number of thiazole rings is 1. The van der Waals surface area contributed by atoms with E-state index in [-0.39, 0.29) is 24.4 Å². The van der Waals surface area contributed by atoms with Gasteiger partial charge in [-0.3, -0.25) is 4.79 Å². The van der Waals surface area contributed by atoms with E-state index in [1.165, 1.54) is 0 Å². The van der Waals surface area contributed by atoms with Gasteiger partial charge in [0.1, 0.15) is 16.8 Å². The molecule has 1 amide bonds. The number of hydrogen-bond donors (Lipinski definition) is 2. The van der Waals surface area contributed by atoms with Gasteiger partial charge in [-0.1, -0.05) is 29.8 Å². The maximum absolute atomic E-state index is 12.6. The Hall–Kier alpha value is -2.41. The molecule has 2 atom stereocenters. The largest absolute Gasteiger partial charge is 0.497 e. The Morgan fingerprint density at radius 1 is 1.10 bits per heavy atom. The van der Waals surface area contributed by atoms with Gasteiger partial charge in [0, 0.05) is 5.56 Å². The van der Waals surface area contributed by atoms with Crippen LogP contribution >= 0.6 is 23.7 Å². The van der Waals surface area contributed by atoms with E-state index in [4.69, 9.17) is 10.5 Å². The van der Waals surface area contributed by atoms with E-state index >= 15 is 0 Å². The van der Waals surface area contributed by atoms with Gasteiger partial charge >= 0.3 is 0 Å². The van der Waals surface area contributed by atoms with E-state index in [9.17, 15) is 4.79 Å². The highest BCUT2D eigenvalue weighted by molar-refractivity contribution is 7.15. The van der Waals surface area contributed by atoms with Gasteiger partial charge in [0.15, 0.2) is 0 Å². The third kappa shape index (κ3) is 5.35. The van der Waals surface area contributed by atoms with Gasteiger partial charge in [0.2, 0.25) is 5.91 Å². The molecule has 0 aliphatic carbocycles. The Morgan fingerprint density at radius 2 is 1.72 bits per heavy atom. The summed E-state index contributed by atoms with van der Waals surface area (Å²) in [5.74, 6) is 0.609. The number of carbonyl (C=O) groups excluding carboxylic acids is 1. The van der Waals surface area contributed by atoms with E-state index in [2.05, 4.69) is 10.3 Å². The number of aromatic nitrogens is 1. The van der Waals surface area contributed by atoms with Crippen LogP contribution in [0.25, 0.3) is 10.6 Å². The summed E-state index contributed by atoms with van der Waals surface area (Å²) in [7, 11) is 1.65. The van der Waals surface area contributed by atoms with Gasteiger partial charge in [-0.2, -0.15) is 0 Å². The minimum atomic E-state index is -0.697. The average molecular weight is 432 g/mol. The molecule has 2 aromatic carbocycles. The fourth-order valence-corrected chi connectivity index (χ4v) is 4.03. The van der Waals surface area contributed by atoms with E-state index in [1.54, 1.807) is 18.4 Å². The highest BCUT2D eigenvalue weighted by Gasteiger charge is 2.21. The molecule has 0 aliphatic heterocycles. The molecule has 0 fully saturated rings. The second kappa shape index (κ2) is 9.87. The summed E-state index contributed by atoms with van der Waals surface area (Å²) >= 11 is 1.58. The summed E-state index contributed by atoms with van der Waals surface area (Å²) in [6, 6.07) is 14.6. The van der Waals surface area contributed by atoms with Crippen molar-refractivity contribution in [3.05, 3.63) is 70.2 Å². The summed E-state index contributed by atoms with van der Waals surface area (Å²) in [6.45, 7) is 5.92. The first kappa shape index (κ1) is 22.9. The normalized spacial score (nSPS) is 12.6. The molecule has 3 rings (SSSR count). The van der Waals surface area contributed by atoms with Crippen LogP contribution in [0.5, 0.6) is 5.75 Å². The smallest absolute Gasteiger partial charge is 0.242 e. The number of nitrogens with two attached hydrogens (primary N) is 1. The van der Waals surface area contributed by atoms with Crippen LogP contribution in [-0.4, -0.2) is 18.0 Å². The fourth-order valence-electron chi connectivity index (χ4n) is 2.96. The second-order valence-corrected chi connectivity index (χ2v) is 7.85. The molecular weight excluding hydrogens is 406 g/mol. The van der Waals surface area contributed by atoms with Crippen LogP contribution in [0.15, 0.2) is 48.5 Å². The van der Waals surface area contributed by atoms with E-state index < -0.39 is 6.04 Å². The molecule has 5 nitrogen and oxygen atoms in total. The first-order chi connectivity index (χ1) is 13.4. The zero-order valence-corrected chi connectivity index (χ0v) is 18.6. The van der Waals surface area contributed by atoms with Crippen molar-refractivity contribution in [1.29, 1.82) is 0 Å². The first-order valence-electron chi connectivity index (χ1n) is 9.13. The highest BCUT2D eigenvalue weighted by atomic mass is 35.5. The Labute approximate surface area is 181 Å². The van der Waals surface area contributed by atoms with Crippen molar-refractivity contribution in [3.8, 4) is 16.3 Å². The number of amides is 1. The van der Waals surface area contributed by atoms with Crippen LogP contribution in [0.2, 0.25) is 0 Å². The van der Waals surface area contributed by atoms with E-state index in [0.29, 0.717) is 0 Å². The predicted octanol–water partition coefficient (Wildman–Crippen LogP) is 4.73. The molecule has 1 aromatic heterocycles. The van der Waals surface area contributed by atoms with Gasteiger partial charge < -0.3 is 15.8 Å². The lowest BCUT2D eigenvalue weighted by Gasteiger charge is -2.17. The maximum atomic E-state index is 12.6. The summed E-state index contributed by atoms with van der Waals surface area (Å²) < 4.78 is 5.20. The summed E-state index contributed by atoms with van der Waals surface area (Å²) in [4.78, 5) is 18.3. The Balaban J connectivity index is 0.00000300. The van der Waals surface area contributed by atoms with Crippen molar-refractivity contribution in [1.82, 2.24) is 10.3 Å². The van der Waals surface area contributed by atoms with Crippen LogP contribution in [0.4, 0.5) is 0 Å². The van der Waals surface area contributed by atoms with Gasteiger partial charge in [-0.15, -0.1) is 23.7 Å². The molecule has 3 N–H and O–H groups in total. The minimum Gasteiger partial charge on any atom is -0.497 e. The SMILES string of the molecule is COc1ccc(-c2nc(C)c(C(C)NC(=O)C(N)c3ccc(C)cc3)s2)cc1.Cl. The standard InChI is InChI=1S/C22H25N3O2S.ClH/c1-13-5-7-16(8-6-13)19(23)21(26)24-14(2)20-15(3)25-22(28-20)17-9-11-18(27-4)12-10-17;/h5-12,14,19H,23H2,1-4H3,(H,24,26);1H. The van der Waals surface area contributed by atoms with Crippen LogP contribution in [0.1, 0.15) is 40.7 Å². The number of aryl methyl sites for hydroxylation is 2. The number of rotatable bonds is 6. The van der Waals surface area contributed by atoms with Crippen molar-refractivity contribution in [2.24, 2.45) is 5.73 Å². The fraction of sp³-hybridized carbons (Fsp3) is 0.273. The molecule has 3 aromatic rings. The van der Waals surface area contributed by atoms with Crippen LogP contribution < -0.4 is 15.8 Å². The number of halogens is 1. The van der Waals surface area contributed by atoms with Crippen molar-refractivity contribution in [3.63, 3.8) is 0 Å². The maximum Gasteiger partial charge on any atom is 0.242 e. The minimum absolute atomic E-state index is 0. The van der Waals surface area contributed by atoms with Crippen molar-refractivity contribution >= 4 is 29.7 Å². The monoisotopic (exact) mass is 431 g/mol.